The highest BCUT2D eigenvalue weighted by atomic mass is 35.5. The Bertz CT molecular complexity index is 344. The fraction of sp³-hybridized carbons (Fsp3) is 0.818. The summed E-state index contributed by atoms with van der Waals surface area (Å²) in [4.78, 5) is 26.8. The lowest BCUT2D eigenvalue weighted by Gasteiger charge is -2.26. The molecule has 0 aliphatic heterocycles. The summed E-state index contributed by atoms with van der Waals surface area (Å²) in [6.07, 6.45) is 0.439. The highest BCUT2D eigenvalue weighted by molar-refractivity contribution is 6.53. The van der Waals surface area contributed by atoms with Crippen LogP contribution < -0.4 is 0 Å². The summed E-state index contributed by atoms with van der Waals surface area (Å²) in [7, 11) is 3.32. The topological polar surface area (TPSA) is 40.6 Å². The largest absolute Gasteiger partial charge is 0.347 e. The van der Waals surface area contributed by atoms with Gasteiger partial charge in [-0.25, -0.2) is 0 Å². The number of likely N-dealkylation sites (N-methyl/N-ethyl adjacent to an activating group) is 2. The summed E-state index contributed by atoms with van der Waals surface area (Å²) >= 11 is 11.9. The minimum atomic E-state index is -0.987. The Morgan fingerprint density at radius 3 is 2.06 bits per heavy atom. The number of hydrogen-bond acceptors (Lipinski definition) is 2. The van der Waals surface area contributed by atoms with Crippen LogP contribution in [-0.2, 0) is 9.59 Å². The van der Waals surface area contributed by atoms with Crippen molar-refractivity contribution in [2.24, 2.45) is 5.41 Å². The van der Waals surface area contributed by atoms with Gasteiger partial charge in [0.05, 0.1) is 12.0 Å². The van der Waals surface area contributed by atoms with Crippen LogP contribution in [0, 0.1) is 5.41 Å². The molecular weight excluding hydrogens is 263 g/mol. The first-order valence-electron chi connectivity index (χ1n) is 5.53. The van der Waals surface area contributed by atoms with Crippen LogP contribution >= 0.6 is 23.2 Å². The molecule has 0 aromatic carbocycles. The number of amides is 2. The van der Waals surface area contributed by atoms with Crippen LogP contribution in [0.1, 0.15) is 20.3 Å². The molecule has 17 heavy (non-hydrogen) atoms. The molecule has 1 fully saturated rings. The average Bonchev–Trinajstić information content (AvgIpc) is 2.74. The fourth-order valence-electron chi connectivity index (χ4n) is 1.61. The quantitative estimate of drug-likeness (QED) is 0.733. The summed E-state index contributed by atoms with van der Waals surface area (Å²) < 4.78 is -0.987. The van der Waals surface area contributed by atoms with Crippen LogP contribution in [0.25, 0.3) is 0 Å². The van der Waals surface area contributed by atoms with Crippen LogP contribution in [0.4, 0.5) is 0 Å². The van der Waals surface area contributed by atoms with Gasteiger partial charge >= 0.3 is 0 Å². The lowest BCUT2D eigenvalue weighted by atomic mass is 10.1. The zero-order valence-electron chi connectivity index (χ0n) is 10.6. The maximum atomic E-state index is 12.2. The molecular formula is C11H18Cl2N2O2. The van der Waals surface area contributed by atoms with Crippen molar-refractivity contribution in [3.63, 3.8) is 0 Å². The van der Waals surface area contributed by atoms with E-state index >= 15 is 0 Å². The van der Waals surface area contributed by atoms with E-state index in [0.29, 0.717) is 13.0 Å². The van der Waals surface area contributed by atoms with Crippen LogP contribution in [0.2, 0.25) is 0 Å². The van der Waals surface area contributed by atoms with E-state index in [4.69, 9.17) is 23.2 Å². The Morgan fingerprint density at radius 2 is 1.76 bits per heavy atom. The maximum absolute atomic E-state index is 12.2. The van der Waals surface area contributed by atoms with Crippen molar-refractivity contribution in [1.29, 1.82) is 0 Å². The molecule has 0 aromatic heterocycles. The van der Waals surface area contributed by atoms with E-state index in [-0.39, 0.29) is 18.4 Å². The first kappa shape index (κ1) is 14.6. The smallest absolute Gasteiger partial charge is 0.241 e. The van der Waals surface area contributed by atoms with Gasteiger partial charge in [-0.15, -0.1) is 23.2 Å². The molecule has 6 heteroatoms. The average molecular weight is 281 g/mol. The molecule has 2 amide bonds. The Balaban J connectivity index is 2.70. The van der Waals surface area contributed by atoms with Crippen molar-refractivity contribution < 1.29 is 9.59 Å². The molecule has 0 radical (unpaired) electrons. The van der Waals surface area contributed by atoms with E-state index in [1.807, 2.05) is 6.92 Å². The maximum Gasteiger partial charge on any atom is 0.241 e. The van der Waals surface area contributed by atoms with Gasteiger partial charge in [-0.3, -0.25) is 9.59 Å². The van der Waals surface area contributed by atoms with Crippen LogP contribution in [-0.4, -0.2) is 53.1 Å². The third-order valence-electron chi connectivity index (χ3n) is 3.22. The van der Waals surface area contributed by atoms with Gasteiger partial charge in [-0.2, -0.15) is 0 Å². The molecule has 0 unspecified atom stereocenters. The van der Waals surface area contributed by atoms with Crippen molar-refractivity contribution in [2.45, 2.75) is 24.6 Å². The molecule has 4 nitrogen and oxygen atoms in total. The van der Waals surface area contributed by atoms with Gasteiger partial charge in [-0.05, 0) is 20.3 Å². The Kier molecular flexibility index (Phi) is 3.99. The number of nitrogens with zero attached hydrogens (tertiary/aromatic N) is 2. The first-order valence-corrected chi connectivity index (χ1v) is 6.28. The highest BCUT2D eigenvalue weighted by Gasteiger charge is 2.68. The van der Waals surface area contributed by atoms with Crippen molar-refractivity contribution >= 4 is 35.0 Å². The second kappa shape index (κ2) is 4.65. The Hall–Kier alpha value is -0.480. The predicted molar refractivity (Wildman–Crippen MR) is 68.1 cm³/mol. The molecule has 1 saturated carbocycles. The molecule has 0 spiro atoms. The van der Waals surface area contributed by atoms with Gasteiger partial charge in [0.1, 0.15) is 4.33 Å². The predicted octanol–water partition coefficient (Wildman–Crippen LogP) is 1.51. The molecule has 1 atom stereocenters. The first-order chi connectivity index (χ1) is 7.65. The Morgan fingerprint density at radius 1 is 1.29 bits per heavy atom. The fourth-order valence-corrected chi connectivity index (χ4v) is 2.31. The molecule has 0 heterocycles. The second-order valence-corrected chi connectivity index (χ2v) is 6.30. The van der Waals surface area contributed by atoms with Crippen molar-refractivity contribution in [3.8, 4) is 0 Å². The van der Waals surface area contributed by atoms with E-state index in [2.05, 4.69) is 0 Å². The van der Waals surface area contributed by atoms with Crippen molar-refractivity contribution in [3.05, 3.63) is 0 Å². The molecule has 0 bridgehead atoms. The minimum absolute atomic E-state index is 0.0712. The van der Waals surface area contributed by atoms with Crippen LogP contribution in [0.5, 0.6) is 0 Å². The van der Waals surface area contributed by atoms with Gasteiger partial charge in [0.15, 0.2) is 0 Å². The summed E-state index contributed by atoms with van der Waals surface area (Å²) in [6.45, 7) is 4.11. The number of hydrogen-bond donors (Lipinski definition) is 0. The Labute approximate surface area is 112 Å². The number of carbonyl (C=O) groups is 2. The van der Waals surface area contributed by atoms with Gasteiger partial charge < -0.3 is 9.80 Å². The molecule has 0 N–H and O–H groups in total. The molecule has 0 saturated heterocycles. The number of halogens is 2. The summed E-state index contributed by atoms with van der Waals surface area (Å²) in [5, 5.41) is 0. The number of carbonyl (C=O) groups excluding carboxylic acids is 2. The van der Waals surface area contributed by atoms with Gasteiger partial charge in [0.25, 0.3) is 0 Å². The van der Waals surface area contributed by atoms with E-state index in [1.165, 1.54) is 9.80 Å². The van der Waals surface area contributed by atoms with Crippen LogP contribution in [0.3, 0.4) is 0 Å². The van der Waals surface area contributed by atoms with Gasteiger partial charge in [0.2, 0.25) is 11.8 Å². The number of alkyl halides is 2. The molecule has 1 rings (SSSR count). The summed E-state index contributed by atoms with van der Waals surface area (Å²) in [5.74, 6) is -0.264. The van der Waals surface area contributed by atoms with E-state index < -0.39 is 9.75 Å². The molecule has 1 aliphatic rings. The zero-order valence-corrected chi connectivity index (χ0v) is 12.1. The van der Waals surface area contributed by atoms with Crippen molar-refractivity contribution in [2.75, 3.05) is 27.2 Å². The monoisotopic (exact) mass is 280 g/mol. The second-order valence-electron chi connectivity index (χ2n) is 4.82. The zero-order chi connectivity index (χ0) is 13.4. The third kappa shape index (κ3) is 2.68. The lowest BCUT2D eigenvalue weighted by Crippen LogP contribution is -2.44. The molecule has 1 aliphatic carbocycles. The van der Waals surface area contributed by atoms with Gasteiger partial charge in [0, 0.05) is 20.6 Å². The number of rotatable bonds is 4. The van der Waals surface area contributed by atoms with Crippen molar-refractivity contribution in [1.82, 2.24) is 9.80 Å². The van der Waals surface area contributed by atoms with Gasteiger partial charge in [-0.1, -0.05) is 0 Å². The van der Waals surface area contributed by atoms with E-state index in [1.54, 1.807) is 21.0 Å². The normalized spacial score (nSPS) is 25.3. The molecule has 0 aromatic rings. The minimum Gasteiger partial charge on any atom is -0.347 e. The van der Waals surface area contributed by atoms with E-state index in [9.17, 15) is 9.59 Å². The van der Waals surface area contributed by atoms with E-state index in [0.717, 1.165) is 0 Å². The summed E-state index contributed by atoms with van der Waals surface area (Å²) in [6, 6.07) is 0. The molecule has 98 valence electrons. The summed E-state index contributed by atoms with van der Waals surface area (Å²) in [5.41, 5.74) is -0.751. The third-order valence-corrected chi connectivity index (χ3v) is 4.33. The highest BCUT2D eigenvalue weighted by Crippen LogP contribution is 2.64. The lowest BCUT2D eigenvalue weighted by molar-refractivity contribution is -0.142. The van der Waals surface area contributed by atoms with Crippen LogP contribution in [0.15, 0.2) is 0 Å². The SMILES string of the molecule is CCN(CC(=O)N(C)C)C(=O)[C@@]1(C)CC1(Cl)Cl. The standard InChI is InChI=1S/C11H18Cl2N2O2/c1-5-15(6-8(16)14(3)4)9(17)10(2)7-11(10,12)13/h5-7H2,1-4H3/t10-/m1/s1.